The van der Waals surface area contributed by atoms with E-state index in [4.69, 9.17) is 5.21 Å². The molecule has 2 fully saturated rings. The number of rotatable bonds is 8. The second-order valence-corrected chi connectivity index (χ2v) is 9.28. The highest BCUT2D eigenvalue weighted by Crippen LogP contribution is 2.46. The molecular weight excluding hydrogens is 401 g/mol. The Bertz CT molecular complexity index is 808. The van der Waals surface area contributed by atoms with Crippen LogP contribution in [0.5, 0.6) is 0 Å². The highest BCUT2D eigenvalue weighted by atomic mass is 19.1. The predicted molar refractivity (Wildman–Crippen MR) is 114 cm³/mol. The van der Waals surface area contributed by atoms with Crippen LogP contribution in [0.1, 0.15) is 58.8 Å². The largest absolute Gasteiger partial charge is 0.330 e. The summed E-state index contributed by atoms with van der Waals surface area (Å²) < 4.78 is 13.2. The van der Waals surface area contributed by atoms with Gasteiger partial charge in [0.2, 0.25) is 17.7 Å². The number of halogens is 1. The first-order valence-corrected chi connectivity index (χ1v) is 11.1. The Hall–Kier alpha value is -2.48. The molecular formula is C23H32FN3O4. The van der Waals surface area contributed by atoms with Crippen LogP contribution in [0, 0.1) is 23.1 Å². The monoisotopic (exact) mass is 433 g/mol. The summed E-state index contributed by atoms with van der Waals surface area (Å²) in [5.41, 5.74) is 1.23. The molecule has 1 aromatic carbocycles. The van der Waals surface area contributed by atoms with E-state index < -0.39 is 23.2 Å². The molecule has 1 saturated carbocycles. The number of amides is 3. The third-order valence-electron chi connectivity index (χ3n) is 6.67. The lowest BCUT2D eigenvalue weighted by atomic mass is 9.74. The quantitative estimate of drug-likeness (QED) is 0.432. The minimum atomic E-state index is -0.898. The SMILES string of the molecule is CC(C)[C@H](C(=O)Nc1ccc(F)cc1)N1CC[C@](CC(=O)NO)(CC2CCCC2)C1=O. The molecule has 2 aliphatic rings. The first-order chi connectivity index (χ1) is 14.8. The number of hydroxylamine groups is 1. The highest BCUT2D eigenvalue weighted by Gasteiger charge is 2.52. The molecule has 1 saturated heterocycles. The number of hydrogen-bond donors (Lipinski definition) is 3. The number of carbonyl (C=O) groups is 3. The number of likely N-dealkylation sites (tertiary alicyclic amines) is 1. The summed E-state index contributed by atoms with van der Waals surface area (Å²) in [4.78, 5) is 40.4. The average Bonchev–Trinajstić information content (AvgIpc) is 3.34. The van der Waals surface area contributed by atoms with Crippen molar-refractivity contribution in [2.24, 2.45) is 17.3 Å². The fourth-order valence-electron chi connectivity index (χ4n) is 5.21. The number of anilines is 1. The van der Waals surface area contributed by atoms with E-state index in [1.54, 1.807) is 10.4 Å². The second-order valence-electron chi connectivity index (χ2n) is 9.28. The summed E-state index contributed by atoms with van der Waals surface area (Å²) in [6.45, 7) is 4.13. The van der Waals surface area contributed by atoms with Gasteiger partial charge in [-0.25, -0.2) is 9.87 Å². The second kappa shape index (κ2) is 9.77. The zero-order valence-electron chi connectivity index (χ0n) is 18.2. The molecule has 2 atom stereocenters. The van der Waals surface area contributed by atoms with Gasteiger partial charge in [0.25, 0.3) is 0 Å². The minimum absolute atomic E-state index is 0.0836. The van der Waals surface area contributed by atoms with E-state index in [1.807, 2.05) is 13.8 Å². The molecule has 3 amide bonds. The number of carbonyl (C=O) groups excluding carboxylic acids is 3. The lowest BCUT2D eigenvalue weighted by Gasteiger charge is -2.34. The molecule has 1 aliphatic carbocycles. The zero-order chi connectivity index (χ0) is 22.6. The van der Waals surface area contributed by atoms with Crippen LogP contribution in [-0.4, -0.2) is 40.4 Å². The van der Waals surface area contributed by atoms with Gasteiger partial charge in [0.15, 0.2) is 0 Å². The van der Waals surface area contributed by atoms with Gasteiger partial charge in [-0.2, -0.15) is 0 Å². The lowest BCUT2D eigenvalue weighted by molar-refractivity contribution is -0.147. The first-order valence-electron chi connectivity index (χ1n) is 11.1. The smallest absolute Gasteiger partial charge is 0.247 e. The molecule has 0 radical (unpaired) electrons. The molecule has 31 heavy (non-hydrogen) atoms. The first kappa shape index (κ1) is 23.2. The van der Waals surface area contributed by atoms with Crippen molar-refractivity contribution < 1.29 is 24.0 Å². The van der Waals surface area contributed by atoms with Gasteiger partial charge in [-0.15, -0.1) is 0 Å². The molecule has 7 nitrogen and oxygen atoms in total. The van der Waals surface area contributed by atoms with Crippen molar-refractivity contribution in [1.29, 1.82) is 0 Å². The van der Waals surface area contributed by atoms with Crippen molar-refractivity contribution in [3.8, 4) is 0 Å². The molecule has 3 rings (SSSR count). The zero-order valence-corrected chi connectivity index (χ0v) is 18.2. The van der Waals surface area contributed by atoms with Crippen molar-refractivity contribution >= 4 is 23.4 Å². The molecule has 8 heteroatoms. The topological polar surface area (TPSA) is 98.7 Å². The standard InChI is InChI=1S/C23H32FN3O4/c1-15(2)20(21(29)25-18-9-7-17(24)8-10-18)27-12-11-23(22(27)30,14-19(28)26-31)13-16-5-3-4-6-16/h7-10,15-16,20,31H,3-6,11-14H2,1-2H3,(H,25,29)(H,26,28)/t20-,23-/m1/s1. The van der Waals surface area contributed by atoms with Gasteiger partial charge in [-0.1, -0.05) is 39.5 Å². The van der Waals surface area contributed by atoms with Gasteiger partial charge in [0, 0.05) is 18.7 Å². The van der Waals surface area contributed by atoms with Crippen LogP contribution < -0.4 is 10.8 Å². The minimum Gasteiger partial charge on any atom is -0.330 e. The molecule has 0 unspecified atom stereocenters. The molecule has 3 N–H and O–H groups in total. The molecule has 1 aliphatic heterocycles. The molecule has 0 spiro atoms. The van der Waals surface area contributed by atoms with Gasteiger partial charge >= 0.3 is 0 Å². The van der Waals surface area contributed by atoms with Crippen LogP contribution >= 0.6 is 0 Å². The van der Waals surface area contributed by atoms with Gasteiger partial charge < -0.3 is 10.2 Å². The van der Waals surface area contributed by atoms with E-state index in [9.17, 15) is 18.8 Å². The van der Waals surface area contributed by atoms with Crippen molar-refractivity contribution in [3.63, 3.8) is 0 Å². The summed E-state index contributed by atoms with van der Waals surface area (Å²) in [6, 6.07) is 4.78. The number of nitrogens with zero attached hydrogens (tertiary/aromatic N) is 1. The Morgan fingerprint density at radius 3 is 2.45 bits per heavy atom. The Morgan fingerprint density at radius 2 is 1.87 bits per heavy atom. The van der Waals surface area contributed by atoms with E-state index in [0.717, 1.165) is 25.7 Å². The normalized spacial score (nSPS) is 22.7. The van der Waals surface area contributed by atoms with Gasteiger partial charge in [-0.3, -0.25) is 19.6 Å². The summed E-state index contributed by atoms with van der Waals surface area (Å²) in [5.74, 6) is -1.29. The number of nitrogens with one attached hydrogen (secondary N) is 2. The fourth-order valence-corrected chi connectivity index (χ4v) is 5.21. The van der Waals surface area contributed by atoms with Crippen LogP contribution in [0.3, 0.4) is 0 Å². The van der Waals surface area contributed by atoms with Crippen molar-refractivity contribution in [3.05, 3.63) is 30.1 Å². The summed E-state index contributed by atoms with van der Waals surface area (Å²) >= 11 is 0. The van der Waals surface area contributed by atoms with Gasteiger partial charge in [-0.05, 0) is 48.9 Å². The summed E-state index contributed by atoms with van der Waals surface area (Å²) in [5, 5.41) is 11.9. The highest BCUT2D eigenvalue weighted by molar-refractivity contribution is 5.99. The maximum absolute atomic E-state index is 13.6. The maximum atomic E-state index is 13.6. The van der Waals surface area contributed by atoms with Crippen LogP contribution in [0.25, 0.3) is 0 Å². The number of hydrogen-bond acceptors (Lipinski definition) is 4. The molecule has 170 valence electrons. The van der Waals surface area contributed by atoms with Crippen LogP contribution in [-0.2, 0) is 14.4 Å². The van der Waals surface area contributed by atoms with Crippen LogP contribution in [0.15, 0.2) is 24.3 Å². The predicted octanol–water partition coefficient (Wildman–Crippen LogP) is 3.48. The Kier molecular flexibility index (Phi) is 7.30. The molecule has 1 aromatic rings. The third-order valence-corrected chi connectivity index (χ3v) is 6.67. The van der Waals surface area contributed by atoms with Gasteiger partial charge in [0.05, 0.1) is 5.41 Å². The average molecular weight is 434 g/mol. The van der Waals surface area contributed by atoms with Crippen LogP contribution in [0.2, 0.25) is 0 Å². The lowest BCUT2D eigenvalue weighted by Crippen LogP contribution is -2.50. The van der Waals surface area contributed by atoms with Crippen molar-refractivity contribution in [1.82, 2.24) is 10.4 Å². The van der Waals surface area contributed by atoms with E-state index in [-0.39, 0.29) is 24.2 Å². The molecule has 1 heterocycles. The Morgan fingerprint density at radius 1 is 1.23 bits per heavy atom. The van der Waals surface area contributed by atoms with E-state index in [1.165, 1.54) is 24.3 Å². The number of benzene rings is 1. The van der Waals surface area contributed by atoms with E-state index >= 15 is 0 Å². The third kappa shape index (κ3) is 5.23. The summed E-state index contributed by atoms with van der Waals surface area (Å²) in [6.07, 6.45) is 5.31. The van der Waals surface area contributed by atoms with Crippen LogP contribution in [0.4, 0.5) is 10.1 Å². The molecule has 0 bridgehead atoms. The van der Waals surface area contributed by atoms with Gasteiger partial charge in [0.1, 0.15) is 11.9 Å². The van der Waals surface area contributed by atoms with Crippen molar-refractivity contribution in [2.75, 3.05) is 11.9 Å². The fraction of sp³-hybridized carbons (Fsp3) is 0.609. The van der Waals surface area contributed by atoms with E-state index in [2.05, 4.69) is 5.32 Å². The Labute approximate surface area is 182 Å². The van der Waals surface area contributed by atoms with E-state index in [0.29, 0.717) is 31.0 Å². The summed E-state index contributed by atoms with van der Waals surface area (Å²) in [7, 11) is 0. The van der Waals surface area contributed by atoms with Crippen molar-refractivity contribution in [2.45, 2.75) is 64.8 Å². The maximum Gasteiger partial charge on any atom is 0.247 e. The molecule has 0 aromatic heterocycles. The Balaban J connectivity index is 1.81.